The van der Waals surface area contributed by atoms with Crippen LogP contribution in [0.4, 0.5) is 9.59 Å². The lowest BCUT2D eigenvalue weighted by Gasteiger charge is -2.52. The largest absolute Gasteiger partial charge is 0.458 e. The lowest BCUT2D eigenvalue weighted by molar-refractivity contribution is -0.167. The number of piperazine rings is 1. The van der Waals surface area contributed by atoms with Crippen LogP contribution in [0.1, 0.15) is 64.2 Å². The van der Waals surface area contributed by atoms with Gasteiger partial charge in [0.2, 0.25) is 11.8 Å². The molecule has 1 aromatic heterocycles. The molecule has 0 bridgehead atoms. The number of rotatable bonds is 11. The number of para-hydroxylation sites is 1. The highest BCUT2D eigenvalue weighted by atomic mass is 16.6. The van der Waals surface area contributed by atoms with Crippen molar-refractivity contribution in [2.45, 2.75) is 90.8 Å². The van der Waals surface area contributed by atoms with Gasteiger partial charge in [0.25, 0.3) is 0 Å². The predicted octanol–water partition coefficient (Wildman–Crippen LogP) is 5.80. The van der Waals surface area contributed by atoms with E-state index in [9.17, 15) is 24.0 Å². The number of esters is 1. The molecule has 0 radical (unpaired) electrons. The zero-order chi connectivity index (χ0) is 40.0. The highest BCUT2D eigenvalue weighted by molar-refractivity contribution is 5.92. The molecule has 3 aromatic carbocycles. The zero-order valence-corrected chi connectivity index (χ0v) is 32.6. The van der Waals surface area contributed by atoms with E-state index in [0.717, 1.165) is 22.0 Å². The zero-order valence-electron chi connectivity index (χ0n) is 32.6. The summed E-state index contributed by atoms with van der Waals surface area (Å²) < 4.78 is 11.0. The average Bonchev–Trinajstić information content (AvgIpc) is 3.15. The monoisotopic (exact) mass is 762 g/mol. The van der Waals surface area contributed by atoms with Crippen molar-refractivity contribution in [1.82, 2.24) is 30.3 Å². The first kappa shape index (κ1) is 39.7. The van der Waals surface area contributed by atoms with E-state index in [2.05, 4.69) is 15.6 Å². The Morgan fingerprint density at radius 3 is 2.36 bits per heavy atom. The highest BCUT2D eigenvalue weighted by Crippen LogP contribution is 2.30. The van der Waals surface area contributed by atoms with Crippen LogP contribution in [0.5, 0.6) is 5.75 Å². The number of ether oxygens (including phenoxy) is 2. The van der Waals surface area contributed by atoms with Crippen molar-refractivity contribution in [3.05, 3.63) is 108 Å². The summed E-state index contributed by atoms with van der Waals surface area (Å²) >= 11 is 0. The topological polar surface area (TPSA) is 150 Å². The van der Waals surface area contributed by atoms with Crippen molar-refractivity contribution >= 4 is 40.8 Å². The van der Waals surface area contributed by atoms with Crippen molar-refractivity contribution < 1.29 is 33.4 Å². The van der Waals surface area contributed by atoms with Crippen molar-refractivity contribution in [1.29, 1.82) is 0 Å². The molecule has 3 atom stereocenters. The number of hydrogen-bond donors (Lipinski definition) is 2. The number of amides is 5. The number of benzene rings is 3. The van der Waals surface area contributed by atoms with E-state index in [1.807, 2.05) is 74.5 Å². The van der Waals surface area contributed by atoms with Crippen LogP contribution in [0.25, 0.3) is 10.9 Å². The van der Waals surface area contributed by atoms with Crippen LogP contribution < -0.4 is 15.4 Å². The van der Waals surface area contributed by atoms with Gasteiger partial charge in [-0.15, -0.1) is 0 Å². The van der Waals surface area contributed by atoms with Gasteiger partial charge in [0.15, 0.2) is 0 Å². The molecule has 0 aliphatic carbocycles. The highest BCUT2D eigenvalue weighted by Gasteiger charge is 2.48. The Morgan fingerprint density at radius 2 is 1.64 bits per heavy atom. The van der Waals surface area contributed by atoms with Gasteiger partial charge in [-0.1, -0.05) is 80.6 Å². The molecule has 3 heterocycles. The molecule has 5 amide bonds. The number of carbonyl (C=O) groups is 5. The Bertz CT molecular complexity index is 2040. The molecular weight excluding hydrogens is 713 g/mol. The Kier molecular flexibility index (Phi) is 12.2. The normalized spacial score (nSPS) is 17.7. The number of urea groups is 1. The molecule has 2 saturated heterocycles. The first-order valence-electron chi connectivity index (χ1n) is 19.1. The number of nitrogens with zero attached hydrogens (tertiary/aromatic N) is 4. The van der Waals surface area contributed by atoms with Crippen molar-refractivity contribution in [3.63, 3.8) is 0 Å². The van der Waals surface area contributed by atoms with Gasteiger partial charge in [-0.25, -0.2) is 14.4 Å². The van der Waals surface area contributed by atoms with Gasteiger partial charge < -0.3 is 34.8 Å². The van der Waals surface area contributed by atoms with Gasteiger partial charge in [0, 0.05) is 44.1 Å². The number of carbonyl (C=O) groups excluding carboxylic acids is 5. The molecular formula is C43H50N6O7. The van der Waals surface area contributed by atoms with Crippen LogP contribution in [0.15, 0.2) is 91.1 Å². The molecule has 0 spiro atoms. The molecule has 4 aromatic rings. The van der Waals surface area contributed by atoms with Crippen LogP contribution in [0.3, 0.4) is 0 Å². The fourth-order valence-corrected chi connectivity index (χ4v) is 7.19. The van der Waals surface area contributed by atoms with E-state index >= 15 is 0 Å². The first-order valence-corrected chi connectivity index (χ1v) is 19.1. The van der Waals surface area contributed by atoms with E-state index in [4.69, 9.17) is 9.47 Å². The standard InChI is InChI=1S/C43H50N6O7/c1-28(2)23-34(40(52)56-43(3,4)5)46-42(54)55-33-18-16-29(17-19-33)24-35-39(51)47(26-32-14-9-13-31-15-10-21-44-38(31)32)27-36-48(22-20-37(50)49(35)36)41(53)45-25-30-11-7-6-8-12-30/h6-19,21,28,34-36H,20,22-27H2,1-5H3,(H,45,53)(H,46,54)/t34?,35-,36?/m0/s1. The van der Waals surface area contributed by atoms with Gasteiger partial charge in [-0.3, -0.25) is 14.6 Å². The number of hydrogen-bond acceptors (Lipinski definition) is 8. The summed E-state index contributed by atoms with van der Waals surface area (Å²) in [6.45, 7) is 10.1. The van der Waals surface area contributed by atoms with Crippen LogP contribution in [0, 0.1) is 5.92 Å². The average molecular weight is 763 g/mol. The van der Waals surface area contributed by atoms with E-state index < -0.39 is 35.9 Å². The second-order valence-electron chi connectivity index (χ2n) is 15.7. The minimum atomic E-state index is -0.908. The third-order valence-corrected chi connectivity index (χ3v) is 9.73. The second-order valence-corrected chi connectivity index (χ2v) is 15.7. The molecule has 2 fully saturated rings. The third kappa shape index (κ3) is 9.81. The fraction of sp³-hybridized carbons (Fsp3) is 0.395. The Hall–Kier alpha value is -5.98. The molecule has 294 valence electrons. The maximum atomic E-state index is 14.5. The summed E-state index contributed by atoms with van der Waals surface area (Å²) in [6.07, 6.45) is 0.821. The van der Waals surface area contributed by atoms with Gasteiger partial charge in [-0.05, 0) is 68.0 Å². The maximum Gasteiger partial charge on any atom is 0.413 e. The molecule has 2 N–H and O–H groups in total. The third-order valence-electron chi connectivity index (χ3n) is 9.73. The number of pyridine rings is 1. The van der Waals surface area contributed by atoms with Crippen molar-refractivity contribution in [3.8, 4) is 5.75 Å². The van der Waals surface area contributed by atoms with Crippen molar-refractivity contribution in [2.24, 2.45) is 5.92 Å². The fourth-order valence-electron chi connectivity index (χ4n) is 7.19. The number of nitrogens with one attached hydrogen (secondary N) is 2. The van der Waals surface area contributed by atoms with Crippen LogP contribution in [-0.2, 0) is 38.6 Å². The molecule has 2 unspecified atom stereocenters. The molecule has 13 nitrogen and oxygen atoms in total. The Morgan fingerprint density at radius 1 is 0.911 bits per heavy atom. The van der Waals surface area contributed by atoms with E-state index in [1.54, 1.807) is 65.9 Å². The molecule has 0 saturated carbocycles. The number of aromatic nitrogens is 1. The van der Waals surface area contributed by atoms with E-state index in [1.165, 1.54) is 0 Å². The van der Waals surface area contributed by atoms with Gasteiger partial charge >= 0.3 is 18.1 Å². The van der Waals surface area contributed by atoms with Gasteiger partial charge in [-0.2, -0.15) is 0 Å². The molecule has 2 aliphatic rings. The lowest BCUT2D eigenvalue weighted by Crippen LogP contribution is -2.72. The summed E-state index contributed by atoms with van der Waals surface area (Å²) in [5.41, 5.74) is 2.57. The molecule has 6 rings (SSSR count). The summed E-state index contributed by atoms with van der Waals surface area (Å²) in [4.78, 5) is 77.2. The summed E-state index contributed by atoms with van der Waals surface area (Å²) in [7, 11) is 0. The quantitative estimate of drug-likeness (QED) is 0.182. The summed E-state index contributed by atoms with van der Waals surface area (Å²) in [5.74, 6) is -0.654. The first-order chi connectivity index (χ1) is 26.8. The molecule has 56 heavy (non-hydrogen) atoms. The Balaban J connectivity index is 1.21. The van der Waals surface area contributed by atoms with Crippen LogP contribution >= 0.6 is 0 Å². The SMILES string of the molecule is CC(C)CC(NC(=O)Oc1ccc(C[C@H]2C(=O)N(Cc3cccc4cccnc34)CC3N(C(=O)NCc4ccccc4)CCC(=O)N32)cc1)C(=O)OC(C)(C)C. The molecule has 13 heteroatoms. The van der Waals surface area contributed by atoms with E-state index in [0.29, 0.717) is 18.5 Å². The van der Waals surface area contributed by atoms with Crippen LogP contribution in [-0.4, -0.2) is 86.5 Å². The second kappa shape index (κ2) is 17.2. The maximum absolute atomic E-state index is 14.5. The minimum absolute atomic E-state index is 0.0786. The molecule has 2 aliphatic heterocycles. The van der Waals surface area contributed by atoms with Gasteiger partial charge in [0.05, 0.1) is 12.1 Å². The predicted molar refractivity (Wildman–Crippen MR) is 210 cm³/mol. The summed E-state index contributed by atoms with van der Waals surface area (Å²) in [6, 6.07) is 23.8. The Labute approximate surface area is 327 Å². The smallest absolute Gasteiger partial charge is 0.413 e. The summed E-state index contributed by atoms with van der Waals surface area (Å²) in [5, 5.41) is 6.58. The van der Waals surface area contributed by atoms with Crippen molar-refractivity contribution in [2.75, 3.05) is 13.1 Å². The lowest BCUT2D eigenvalue weighted by atomic mass is 9.97. The minimum Gasteiger partial charge on any atom is -0.458 e. The number of fused-ring (bicyclic) bond motifs is 2. The van der Waals surface area contributed by atoms with Crippen LogP contribution in [0.2, 0.25) is 0 Å². The van der Waals surface area contributed by atoms with E-state index in [-0.39, 0.29) is 62.0 Å². The van der Waals surface area contributed by atoms with Gasteiger partial charge in [0.1, 0.15) is 29.6 Å².